The number of benzene rings is 1. The molecule has 0 spiro atoms. The standard InChI is InChI=1S/C10H12O4/c1-10(2,14-9(12)13)7-5-3-4-6-8(7)11/h3-6,11H,1-2H3,(H,12,13). The van der Waals surface area contributed by atoms with Crippen LogP contribution in [0.15, 0.2) is 24.3 Å². The summed E-state index contributed by atoms with van der Waals surface area (Å²) in [5.41, 5.74) is -0.598. The number of hydrogen-bond acceptors (Lipinski definition) is 3. The molecular weight excluding hydrogens is 184 g/mol. The minimum Gasteiger partial charge on any atom is -0.508 e. The molecule has 0 aliphatic rings. The normalized spacial score (nSPS) is 11.0. The fourth-order valence-corrected chi connectivity index (χ4v) is 1.26. The van der Waals surface area contributed by atoms with Crippen LogP contribution in [0.2, 0.25) is 0 Å². The molecule has 0 aromatic heterocycles. The van der Waals surface area contributed by atoms with Crippen LogP contribution in [-0.2, 0) is 10.3 Å². The first kappa shape index (κ1) is 10.4. The Morgan fingerprint density at radius 1 is 1.36 bits per heavy atom. The van der Waals surface area contributed by atoms with Gasteiger partial charge in [-0.1, -0.05) is 18.2 Å². The van der Waals surface area contributed by atoms with Crippen molar-refractivity contribution >= 4 is 6.16 Å². The highest BCUT2D eigenvalue weighted by Gasteiger charge is 2.27. The van der Waals surface area contributed by atoms with Gasteiger partial charge in [0.1, 0.15) is 11.4 Å². The first-order valence-electron chi connectivity index (χ1n) is 4.14. The first-order chi connectivity index (χ1) is 6.43. The molecule has 0 saturated carbocycles. The second-order valence-corrected chi connectivity index (χ2v) is 3.40. The van der Waals surface area contributed by atoms with Crippen LogP contribution in [0.1, 0.15) is 19.4 Å². The Balaban J connectivity index is 3.03. The van der Waals surface area contributed by atoms with Crippen LogP contribution >= 0.6 is 0 Å². The van der Waals surface area contributed by atoms with E-state index in [2.05, 4.69) is 4.74 Å². The number of rotatable bonds is 2. The van der Waals surface area contributed by atoms with Gasteiger partial charge in [-0.05, 0) is 19.9 Å². The molecule has 0 atom stereocenters. The molecule has 0 radical (unpaired) electrons. The summed E-state index contributed by atoms with van der Waals surface area (Å²) in [5.74, 6) is 0.0266. The highest BCUT2D eigenvalue weighted by Crippen LogP contribution is 2.31. The predicted molar refractivity (Wildman–Crippen MR) is 50.2 cm³/mol. The van der Waals surface area contributed by atoms with Gasteiger partial charge < -0.3 is 14.9 Å². The van der Waals surface area contributed by atoms with Gasteiger partial charge in [-0.2, -0.15) is 0 Å². The van der Waals surface area contributed by atoms with Crippen LogP contribution in [0.4, 0.5) is 4.79 Å². The predicted octanol–water partition coefficient (Wildman–Crippen LogP) is 2.32. The summed E-state index contributed by atoms with van der Waals surface area (Å²) >= 11 is 0. The SMILES string of the molecule is CC(C)(OC(=O)O)c1ccccc1O. The van der Waals surface area contributed by atoms with Gasteiger partial charge in [-0.15, -0.1) is 0 Å². The molecule has 1 rings (SSSR count). The average molecular weight is 196 g/mol. The molecule has 4 nitrogen and oxygen atoms in total. The largest absolute Gasteiger partial charge is 0.508 e. The highest BCUT2D eigenvalue weighted by atomic mass is 16.7. The fourth-order valence-electron chi connectivity index (χ4n) is 1.26. The molecule has 0 unspecified atom stereocenters. The minimum atomic E-state index is -1.36. The van der Waals surface area contributed by atoms with Crippen molar-refractivity contribution in [3.8, 4) is 5.75 Å². The van der Waals surface area contributed by atoms with Crippen molar-refractivity contribution in [2.24, 2.45) is 0 Å². The van der Waals surface area contributed by atoms with E-state index in [1.807, 2.05) is 0 Å². The molecule has 1 aromatic carbocycles. The van der Waals surface area contributed by atoms with E-state index in [-0.39, 0.29) is 5.75 Å². The van der Waals surface area contributed by atoms with E-state index in [0.717, 1.165) is 0 Å². The summed E-state index contributed by atoms with van der Waals surface area (Å²) in [4.78, 5) is 10.4. The summed E-state index contributed by atoms with van der Waals surface area (Å²) < 4.78 is 4.66. The zero-order valence-electron chi connectivity index (χ0n) is 8.02. The molecule has 0 aliphatic carbocycles. The third-order valence-corrected chi connectivity index (χ3v) is 1.90. The molecule has 0 amide bonds. The summed E-state index contributed by atoms with van der Waals surface area (Å²) in [7, 11) is 0. The number of phenolic OH excluding ortho intramolecular Hbond substituents is 1. The molecule has 0 heterocycles. The van der Waals surface area contributed by atoms with Crippen molar-refractivity contribution in [3.63, 3.8) is 0 Å². The van der Waals surface area contributed by atoms with Gasteiger partial charge in [0, 0.05) is 5.56 Å². The summed E-state index contributed by atoms with van der Waals surface area (Å²) in [6.45, 7) is 3.16. The maximum absolute atomic E-state index is 10.4. The number of carboxylic acid groups (broad SMARTS) is 1. The molecule has 0 bridgehead atoms. The number of aromatic hydroxyl groups is 1. The Kier molecular flexibility index (Phi) is 2.65. The van der Waals surface area contributed by atoms with Crippen LogP contribution in [-0.4, -0.2) is 16.4 Å². The monoisotopic (exact) mass is 196 g/mol. The van der Waals surface area contributed by atoms with E-state index < -0.39 is 11.8 Å². The lowest BCUT2D eigenvalue weighted by Gasteiger charge is -2.24. The molecule has 4 heteroatoms. The van der Waals surface area contributed by atoms with Gasteiger partial charge in [0.05, 0.1) is 0 Å². The fraction of sp³-hybridized carbons (Fsp3) is 0.300. The maximum atomic E-state index is 10.4. The third-order valence-electron chi connectivity index (χ3n) is 1.90. The Morgan fingerprint density at radius 2 is 1.93 bits per heavy atom. The topological polar surface area (TPSA) is 66.8 Å². The van der Waals surface area contributed by atoms with Gasteiger partial charge in [-0.3, -0.25) is 0 Å². The summed E-state index contributed by atoms with van der Waals surface area (Å²) in [6.07, 6.45) is -1.36. The molecule has 1 aromatic rings. The minimum absolute atomic E-state index is 0.0266. The Hall–Kier alpha value is -1.71. The number of carbonyl (C=O) groups is 1. The van der Waals surface area contributed by atoms with Crippen LogP contribution in [0.3, 0.4) is 0 Å². The number of ether oxygens (including phenoxy) is 1. The molecule has 14 heavy (non-hydrogen) atoms. The third kappa shape index (κ3) is 2.16. The van der Waals surface area contributed by atoms with Gasteiger partial charge in [0.15, 0.2) is 0 Å². The average Bonchev–Trinajstić information content (AvgIpc) is 2.02. The van der Waals surface area contributed by atoms with E-state index in [9.17, 15) is 9.90 Å². The van der Waals surface area contributed by atoms with E-state index in [1.165, 1.54) is 6.07 Å². The highest BCUT2D eigenvalue weighted by molar-refractivity contribution is 5.58. The van der Waals surface area contributed by atoms with Crippen molar-refractivity contribution in [3.05, 3.63) is 29.8 Å². The number of phenols is 1. The van der Waals surface area contributed by atoms with Crippen molar-refractivity contribution in [1.29, 1.82) is 0 Å². The molecule has 2 N–H and O–H groups in total. The van der Waals surface area contributed by atoms with E-state index in [4.69, 9.17) is 5.11 Å². The first-order valence-corrected chi connectivity index (χ1v) is 4.14. The van der Waals surface area contributed by atoms with Crippen LogP contribution < -0.4 is 0 Å². The summed E-state index contributed by atoms with van der Waals surface area (Å²) in [5, 5.41) is 18.0. The van der Waals surface area contributed by atoms with E-state index in [1.54, 1.807) is 32.0 Å². The molecular formula is C10H12O4. The van der Waals surface area contributed by atoms with Crippen LogP contribution in [0.5, 0.6) is 5.75 Å². The smallest absolute Gasteiger partial charge is 0.506 e. The van der Waals surface area contributed by atoms with E-state index >= 15 is 0 Å². The quantitative estimate of drug-likeness (QED) is 0.712. The lowest BCUT2D eigenvalue weighted by molar-refractivity contribution is -0.0000870. The molecule has 0 aliphatic heterocycles. The van der Waals surface area contributed by atoms with Crippen molar-refractivity contribution in [2.45, 2.75) is 19.4 Å². The van der Waals surface area contributed by atoms with Gasteiger partial charge in [-0.25, -0.2) is 4.79 Å². The van der Waals surface area contributed by atoms with Crippen LogP contribution in [0, 0.1) is 0 Å². The second kappa shape index (κ2) is 3.57. The van der Waals surface area contributed by atoms with Crippen molar-refractivity contribution in [1.82, 2.24) is 0 Å². The van der Waals surface area contributed by atoms with Gasteiger partial charge in [0.2, 0.25) is 0 Å². The zero-order valence-corrected chi connectivity index (χ0v) is 8.02. The van der Waals surface area contributed by atoms with Gasteiger partial charge >= 0.3 is 6.16 Å². The Morgan fingerprint density at radius 3 is 2.43 bits per heavy atom. The number of para-hydroxylation sites is 1. The summed E-state index contributed by atoms with van der Waals surface area (Å²) in [6, 6.07) is 6.48. The Labute approximate surface area is 81.8 Å². The zero-order chi connectivity index (χ0) is 10.8. The lowest BCUT2D eigenvalue weighted by Crippen LogP contribution is -2.24. The Bertz CT molecular complexity index is 344. The van der Waals surface area contributed by atoms with Crippen molar-refractivity contribution < 1.29 is 19.7 Å². The van der Waals surface area contributed by atoms with Crippen molar-refractivity contribution in [2.75, 3.05) is 0 Å². The second-order valence-electron chi connectivity index (χ2n) is 3.40. The maximum Gasteiger partial charge on any atom is 0.506 e. The van der Waals surface area contributed by atoms with Gasteiger partial charge in [0.25, 0.3) is 0 Å². The van der Waals surface area contributed by atoms with Crippen LogP contribution in [0.25, 0.3) is 0 Å². The molecule has 0 saturated heterocycles. The lowest BCUT2D eigenvalue weighted by atomic mass is 9.97. The molecule has 0 fully saturated rings. The van der Waals surface area contributed by atoms with E-state index in [0.29, 0.717) is 5.56 Å². The number of hydrogen-bond donors (Lipinski definition) is 2. The molecule has 76 valence electrons.